The number of likely N-dealkylation sites (tertiary alicyclic amines) is 1. The van der Waals surface area contributed by atoms with Gasteiger partial charge in [-0.3, -0.25) is 9.79 Å². The zero-order chi connectivity index (χ0) is 16.7. The average Bonchev–Trinajstić information content (AvgIpc) is 3.22. The van der Waals surface area contributed by atoms with Crippen LogP contribution in [0.25, 0.3) is 0 Å². The van der Waals surface area contributed by atoms with E-state index in [1.165, 1.54) is 4.88 Å². The molecule has 1 aromatic heterocycles. The summed E-state index contributed by atoms with van der Waals surface area (Å²) in [4.78, 5) is 23.7. The lowest BCUT2D eigenvalue weighted by atomic mass is 10.3. The minimum atomic E-state index is 0.229. The predicted octanol–water partition coefficient (Wildman–Crippen LogP) is 1.42. The van der Waals surface area contributed by atoms with E-state index in [-0.39, 0.29) is 11.9 Å². The second-order valence-corrected chi connectivity index (χ2v) is 6.85. The van der Waals surface area contributed by atoms with Gasteiger partial charge in [-0.05, 0) is 12.8 Å². The standard InChI is InChI=1S/C16H27N5OS/c1-4-13-10-19-14(23-13)6-8-18-16(17-3)20-12-7-9-21(11-12)15(22)5-2/h10,12H,4-9,11H2,1-3H3,(H2,17,18,20). The number of rotatable bonds is 6. The number of nitrogens with one attached hydrogen (secondary N) is 2. The molecule has 1 amide bonds. The highest BCUT2D eigenvalue weighted by atomic mass is 32.1. The first kappa shape index (κ1) is 17.7. The number of amides is 1. The third-order valence-electron chi connectivity index (χ3n) is 3.99. The fourth-order valence-electron chi connectivity index (χ4n) is 2.63. The molecule has 1 fully saturated rings. The molecule has 1 aliphatic rings. The Morgan fingerprint density at radius 1 is 1.52 bits per heavy atom. The van der Waals surface area contributed by atoms with Crippen molar-refractivity contribution in [2.75, 3.05) is 26.7 Å². The summed E-state index contributed by atoms with van der Waals surface area (Å²) < 4.78 is 0. The Balaban J connectivity index is 1.72. The molecule has 1 aliphatic heterocycles. The Hall–Kier alpha value is -1.63. The zero-order valence-corrected chi connectivity index (χ0v) is 15.1. The van der Waals surface area contributed by atoms with Crippen LogP contribution in [0.4, 0.5) is 0 Å². The first-order chi connectivity index (χ1) is 11.2. The molecular formula is C16H27N5OS. The van der Waals surface area contributed by atoms with Crippen LogP contribution in [0.15, 0.2) is 11.2 Å². The Labute approximate surface area is 142 Å². The summed E-state index contributed by atoms with van der Waals surface area (Å²) in [6.07, 6.45) is 5.45. The normalized spacial score (nSPS) is 18.3. The van der Waals surface area contributed by atoms with Crippen LogP contribution in [-0.4, -0.2) is 54.5 Å². The van der Waals surface area contributed by atoms with Crippen molar-refractivity contribution in [3.05, 3.63) is 16.1 Å². The van der Waals surface area contributed by atoms with Crippen LogP contribution in [-0.2, 0) is 17.6 Å². The number of hydrogen-bond acceptors (Lipinski definition) is 4. The number of carbonyl (C=O) groups excluding carboxylic acids is 1. The van der Waals surface area contributed by atoms with Gasteiger partial charge in [0.25, 0.3) is 0 Å². The van der Waals surface area contributed by atoms with Gasteiger partial charge in [0.2, 0.25) is 5.91 Å². The number of aromatic nitrogens is 1. The molecule has 1 saturated heterocycles. The highest BCUT2D eigenvalue weighted by Gasteiger charge is 2.25. The van der Waals surface area contributed by atoms with E-state index < -0.39 is 0 Å². The van der Waals surface area contributed by atoms with Crippen LogP contribution < -0.4 is 10.6 Å². The first-order valence-electron chi connectivity index (χ1n) is 8.34. The number of nitrogens with zero attached hydrogens (tertiary/aromatic N) is 3. The van der Waals surface area contributed by atoms with Gasteiger partial charge in [0, 0.05) is 56.6 Å². The first-order valence-corrected chi connectivity index (χ1v) is 9.16. The van der Waals surface area contributed by atoms with E-state index in [0.29, 0.717) is 6.42 Å². The molecule has 0 spiro atoms. The quantitative estimate of drug-likeness (QED) is 0.608. The van der Waals surface area contributed by atoms with Crippen molar-refractivity contribution in [2.24, 2.45) is 4.99 Å². The van der Waals surface area contributed by atoms with Gasteiger partial charge in [0.1, 0.15) is 0 Å². The van der Waals surface area contributed by atoms with Gasteiger partial charge in [-0.1, -0.05) is 13.8 Å². The maximum atomic E-state index is 11.7. The Morgan fingerprint density at radius 3 is 3.00 bits per heavy atom. The van der Waals surface area contributed by atoms with Gasteiger partial charge in [-0.15, -0.1) is 11.3 Å². The molecule has 2 rings (SSSR count). The number of hydrogen-bond donors (Lipinski definition) is 2. The second-order valence-electron chi connectivity index (χ2n) is 5.65. The van der Waals surface area contributed by atoms with E-state index in [4.69, 9.17) is 0 Å². The Kier molecular flexibility index (Phi) is 6.83. The number of thiazole rings is 1. The van der Waals surface area contributed by atoms with Gasteiger partial charge in [0.15, 0.2) is 5.96 Å². The largest absolute Gasteiger partial charge is 0.356 e. The van der Waals surface area contributed by atoms with E-state index in [0.717, 1.165) is 49.9 Å². The summed E-state index contributed by atoms with van der Waals surface area (Å²) in [7, 11) is 1.78. The number of guanidine groups is 1. The molecule has 0 saturated carbocycles. The monoisotopic (exact) mass is 337 g/mol. The maximum Gasteiger partial charge on any atom is 0.222 e. The van der Waals surface area contributed by atoms with Gasteiger partial charge >= 0.3 is 0 Å². The Bertz CT molecular complexity index is 542. The second kappa shape index (κ2) is 8.86. The van der Waals surface area contributed by atoms with E-state index in [1.54, 1.807) is 18.4 Å². The van der Waals surface area contributed by atoms with E-state index >= 15 is 0 Å². The van der Waals surface area contributed by atoms with Crippen molar-refractivity contribution in [1.29, 1.82) is 0 Å². The molecule has 1 atom stereocenters. The average molecular weight is 337 g/mol. The van der Waals surface area contributed by atoms with Gasteiger partial charge in [-0.2, -0.15) is 0 Å². The van der Waals surface area contributed by atoms with Crippen LogP contribution in [0, 0.1) is 0 Å². The molecular weight excluding hydrogens is 310 g/mol. The lowest BCUT2D eigenvalue weighted by molar-refractivity contribution is -0.129. The van der Waals surface area contributed by atoms with Crippen molar-refractivity contribution in [2.45, 2.75) is 45.6 Å². The topological polar surface area (TPSA) is 69.6 Å². The molecule has 23 heavy (non-hydrogen) atoms. The highest BCUT2D eigenvalue weighted by molar-refractivity contribution is 7.11. The summed E-state index contributed by atoms with van der Waals surface area (Å²) in [6.45, 7) is 6.46. The van der Waals surface area contributed by atoms with Gasteiger partial charge < -0.3 is 15.5 Å². The fourth-order valence-corrected chi connectivity index (χ4v) is 3.49. The van der Waals surface area contributed by atoms with Crippen molar-refractivity contribution >= 4 is 23.2 Å². The summed E-state index contributed by atoms with van der Waals surface area (Å²) in [5.41, 5.74) is 0. The molecule has 0 bridgehead atoms. The van der Waals surface area contributed by atoms with Crippen LogP contribution >= 0.6 is 11.3 Å². The molecule has 1 aromatic rings. The third kappa shape index (κ3) is 5.20. The molecule has 6 nitrogen and oxygen atoms in total. The minimum Gasteiger partial charge on any atom is -0.356 e. The molecule has 1 unspecified atom stereocenters. The SMILES string of the molecule is CCC(=O)N1CCC(NC(=NC)NCCc2ncc(CC)s2)C1. The molecule has 0 aliphatic carbocycles. The van der Waals surface area contributed by atoms with E-state index in [9.17, 15) is 4.79 Å². The summed E-state index contributed by atoms with van der Waals surface area (Å²) in [6, 6.07) is 0.281. The fraction of sp³-hybridized carbons (Fsp3) is 0.688. The summed E-state index contributed by atoms with van der Waals surface area (Å²) in [5, 5.41) is 7.90. The van der Waals surface area contributed by atoms with Crippen molar-refractivity contribution in [3.8, 4) is 0 Å². The smallest absolute Gasteiger partial charge is 0.222 e. The summed E-state index contributed by atoms with van der Waals surface area (Å²) in [5.74, 6) is 1.03. The van der Waals surface area contributed by atoms with Gasteiger partial charge in [-0.25, -0.2) is 4.98 Å². The predicted molar refractivity (Wildman–Crippen MR) is 95.0 cm³/mol. The van der Waals surface area contributed by atoms with Crippen LogP contribution in [0.3, 0.4) is 0 Å². The summed E-state index contributed by atoms with van der Waals surface area (Å²) >= 11 is 1.78. The van der Waals surface area contributed by atoms with Crippen LogP contribution in [0.5, 0.6) is 0 Å². The molecule has 7 heteroatoms. The van der Waals surface area contributed by atoms with E-state index in [2.05, 4.69) is 27.5 Å². The number of carbonyl (C=O) groups is 1. The lowest BCUT2D eigenvalue weighted by Crippen LogP contribution is -2.45. The molecule has 0 radical (unpaired) electrons. The molecule has 0 aromatic carbocycles. The molecule has 128 valence electrons. The van der Waals surface area contributed by atoms with Crippen molar-refractivity contribution in [3.63, 3.8) is 0 Å². The van der Waals surface area contributed by atoms with E-state index in [1.807, 2.05) is 18.0 Å². The number of aliphatic imine (C=N–C) groups is 1. The Morgan fingerprint density at radius 2 is 2.35 bits per heavy atom. The third-order valence-corrected chi connectivity index (χ3v) is 5.19. The minimum absolute atomic E-state index is 0.229. The van der Waals surface area contributed by atoms with Crippen molar-refractivity contribution < 1.29 is 4.79 Å². The lowest BCUT2D eigenvalue weighted by Gasteiger charge is -2.18. The van der Waals surface area contributed by atoms with Crippen LogP contribution in [0.2, 0.25) is 0 Å². The van der Waals surface area contributed by atoms with Gasteiger partial charge in [0.05, 0.1) is 5.01 Å². The van der Waals surface area contributed by atoms with Crippen molar-refractivity contribution in [1.82, 2.24) is 20.5 Å². The highest BCUT2D eigenvalue weighted by Crippen LogP contribution is 2.13. The zero-order valence-electron chi connectivity index (χ0n) is 14.3. The molecule has 2 heterocycles. The maximum absolute atomic E-state index is 11.7. The molecule has 2 N–H and O–H groups in total. The number of aryl methyl sites for hydroxylation is 1. The van der Waals surface area contributed by atoms with Crippen LogP contribution in [0.1, 0.15) is 36.6 Å².